The lowest BCUT2D eigenvalue weighted by Crippen LogP contribution is -2.33. The molecule has 0 saturated heterocycles. The summed E-state index contributed by atoms with van der Waals surface area (Å²) in [6.07, 6.45) is 1.04. The first kappa shape index (κ1) is 22.7. The first-order valence-electron chi connectivity index (χ1n) is 12.1. The maximum absolute atomic E-state index is 14.2. The summed E-state index contributed by atoms with van der Waals surface area (Å²) >= 11 is 6.11. The molecule has 0 bridgehead atoms. The number of nitrogens with zero attached hydrogens (tertiary/aromatic N) is 2. The smallest absolute Gasteiger partial charge is 0.194 e. The van der Waals surface area contributed by atoms with Gasteiger partial charge in [-0.1, -0.05) is 61.3 Å². The molecular weight excluding hydrogens is 468 g/mol. The zero-order chi connectivity index (χ0) is 25.2. The van der Waals surface area contributed by atoms with Crippen molar-refractivity contribution in [3.05, 3.63) is 106 Å². The second-order valence-electron chi connectivity index (χ2n) is 10.5. The fraction of sp³-hybridized carbons (Fsp3) is 0.194. The second kappa shape index (κ2) is 8.14. The molecule has 0 radical (unpaired) electrons. The van der Waals surface area contributed by atoms with Crippen LogP contribution in [0.15, 0.2) is 72.8 Å². The number of carbonyl (C=O) groups is 2. The summed E-state index contributed by atoms with van der Waals surface area (Å²) in [6, 6.07) is 22.9. The summed E-state index contributed by atoms with van der Waals surface area (Å²) in [4.78, 5) is 33.0. The number of aryl methyl sites for hydroxylation is 1. The average molecular weight is 493 g/mol. The molecule has 36 heavy (non-hydrogen) atoms. The van der Waals surface area contributed by atoms with E-state index in [0.717, 1.165) is 33.4 Å². The Labute approximate surface area is 214 Å². The SMILES string of the molecule is Cc1ccc(-n2c3nc4ccccc4c-3c(C(=O)c3ccc(Cl)cc3)c3c2CC(C)(C)CC3=O)cc1. The van der Waals surface area contributed by atoms with Crippen LogP contribution in [0.3, 0.4) is 0 Å². The minimum atomic E-state index is -0.239. The number of fused-ring (bicyclic) bond motifs is 4. The lowest BCUT2D eigenvalue weighted by molar-refractivity contribution is 0.0899. The first-order chi connectivity index (χ1) is 17.2. The number of aromatic nitrogens is 2. The highest BCUT2D eigenvalue weighted by Crippen LogP contribution is 2.45. The van der Waals surface area contributed by atoms with Gasteiger partial charge in [-0.3, -0.25) is 14.2 Å². The Hall–Kier alpha value is -3.76. The van der Waals surface area contributed by atoms with E-state index < -0.39 is 0 Å². The molecule has 0 aromatic heterocycles. The highest BCUT2D eigenvalue weighted by Gasteiger charge is 2.40. The molecular formula is C31H25ClN2O2. The zero-order valence-corrected chi connectivity index (χ0v) is 21.2. The number of halogens is 1. The number of rotatable bonds is 3. The molecule has 6 rings (SSSR count). The van der Waals surface area contributed by atoms with E-state index in [-0.39, 0.29) is 17.0 Å². The topological polar surface area (TPSA) is 52.0 Å². The Morgan fingerprint density at radius 2 is 1.61 bits per heavy atom. The van der Waals surface area contributed by atoms with Crippen LogP contribution in [0.1, 0.15) is 57.8 Å². The fourth-order valence-corrected chi connectivity index (χ4v) is 5.57. The van der Waals surface area contributed by atoms with Gasteiger partial charge in [0, 0.05) is 50.5 Å². The van der Waals surface area contributed by atoms with Gasteiger partial charge in [0.2, 0.25) is 0 Å². The molecule has 0 spiro atoms. The average Bonchev–Trinajstić information content (AvgIpc) is 3.22. The van der Waals surface area contributed by atoms with Gasteiger partial charge in [-0.05, 0) is 61.2 Å². The molecule has 0 saturated carbocycles. The number of Topliss-reactive ketones (excluding diaryl/α,β-unsaturated/α-hetero) is 1. The van der Waals surface area contributed by atoms with Crippen molar-refractivity contribution in [2.45, 2.75) is 33.6 Å². The summed E-state index contributed by atoms with van der Waals surface area (Å²) in [5.41, 5.74) is 5.66. The Morgan fingerprint density at radius 3 is 2.33 bits per heavy atom. The van der Waals surface area contributed by atoms with Gasteiger partial charge < -0.3 is 0 Å². The van der Waals surface area contributed by atoms with Crippen LogP contribution in [-0.4, -0.2) is 21.1 Å². The minimum Gasteiger partial charge on any atom is -0.298 e. The van der Waals surface area contributed by atoms with Crippen LogP contribution < -0.4 is 0 Å². The lowest BCUT2D eigenvalue weighted by Gasteiger charge is -2.35. The van der Waals surface area contributed by atoms with E-state index in [1.165, 1.54) is 0 Å². The third kappa shape index (κ3) is 3.56. The Bertz CT molecular complexity index is 1640. The number of benzene rings is 3. The number of pyridine rings is 1. The van der Waals surface area contributed by atoms with E-state index in [4.69, 9.17) is 16.6 Å². The van der Waals surface area contributed by atoms with E-state index in [9.17, 15) is 9.59 Å². The third-order valence-corrected chi connectivity index (χ3v) is 7.34. The quantitative estimate of drug-likeness (QED) is 0.245. The van der Waals surface area contributed by atoms with Crippen LogP contribution in [0.5, 0.6) is 0 Å². The predicted molar refractivity (Wildman–Crippen MR) is 144 cm³/mol. The van der Waals surface area contributed by atoms with Crippen molar-refractivity contribution in [3.8, 4) is 17.1 Å². The maximum Gasteiger partial charge on any atom is 0.194 e. The Balaban J connectivity index is 1.79. The normalized spacial score (nSPS) is 14.8. The Kier molecular flexibility index (Phi) is 5.13. The molecule has 3 aromatic rings. The van der Waals surface area contributed by atoms with Crippen molar-refractivity contribution in [1.82, 2.24) is 9.55 Å². The predicted octanol–water partition coefficient (Wildman–Crippen LogP) is 7.48. The molecule has 0 N–H and O–H groups in total. The van der Waals surface area contributed by atoms with E-state index in [1.807, 2.05) is 24.3 Å². The number of para-hydroxylation sites is 1. The minimum absolute atomic E-state index is 0.00777. The molecule has 0 atom stereocenters. The molecule has 3 aromatic carbocycles. The van der Waals surface area contributed by atoms with E-state index in [2.05, 4.69) is 49.6 Å². The van der Waals surface area contributed by atoms with Crippen LogP contribution in [0.25, 0.3) is 28.0 Å². The van der Waals surface area contributed by atoms with Gasteiger partial charge in [0.1, 0.15) is 5.82 Å². The van der Waals surface area contributed by atoms with Gasteiger partial charge in [0.15, 0.2) is 11.6 Å². The lowest BCUT2D eigenvalue weighted by atomic mass is 9.72. The molecule has 0 unspecified atom stereocenters. The van der Waals surface area contributed by atoms with Crippen molar-refractivity contribution >= 4 is 34.1 Å². The molecule has 3 aliphatic rings. The van der Waals surface area contributed by atoms with Crippen molar-refractivity contribution in [2.24, 2.45) is 5.41 Å². The van der Waals surface area contributed by atoms with Crippen molar-refractivity contribution < 1.29 is 9.59 Å². The summed E-state index contributed by atoms with van der Waals surface area (Å²) in [5, 5.41) is 1.42. The van der Waals surface area contributed by atoms with Crippen LogP contribution in [0.4, 0.5) is 0 Å². The van der Waals surface area contributed by atoms with Gasteiger partial charge >= 0.3 is 0 Å². The van der Waals surface area contributed by atoms with Gasteiger partial charge in [0.25, 0.3) is 0 Å². The standard InChI is InChI=1S/C31H25ClN2O2/c1-18-8-14-21(15-9-18)34-24-16-31(2,3)17-25(35)27(24)28(29(36)19-10-12-20(32)13-11-19)26-22-6-4-5-7-23(22)33-30(26)34/h4-15H,16-17H2,1-3H3. The van der Waals surface area contributed by atoms with Gasteiger partial charge in [-0.25, -0.2) is 4.98 Å². The monoisotopic (exact) mass is 492 g/mol. The molecule has 4 nitrogen and oxygen atoms in total. The number of hydrogen-bond donors (Lipinski definition) is 0. The van der Waals surface area contributed by atoms with Gasteiger partial charge in [-0.2, -0.15) is 0 Å². The number of ketones is 2. The highest BCUT2D eigenvalue weighted by molar-refractivity contribution is 6.31. The summed E-state index contributed by atoms with van der Waals surface area (Å²) < 4.78 is 2.10. The highest BCUT2D eigenvalue weighted by atomic mass is 35.5. The van der Waals surface area contributed by atoms with Crippen LogP contribution >= 0.6 is 11.6 Å². The van der Waals surface area contributed by atoms with Crippen LogP contribution in [0.2, 0.25) is 5.02 Å². The zero-order valence-electron chi connectivity index (χ0n) is 20.4. The fourth-order valence-electron chi connectivity index (χ4n) is 5.44. The molecule has 0 amide bonds. The summed E-state index contributed by atoms with van der Waals surface area (Å²) in [5.74, 6) is 0.503. The van der Waals surface area contributed by atoms with E-state index in [0.29, 0.717) is 40.4 Å². The maximum atomic E-state index is 14.2. The largest absolute Gasteiger partial charge is 0.298 e. The van der Waals surface area contributed by atoms with Crippen molar-refractivity contribution in [1.29, 1.82) is 0 Å². The molecule has 2 aliphatic heterocycles. The number of carbonyl (C=O) groups excluding carboxylic acids is 2. The number of hydrogen-bond acceptors (Lipinski definition) is 3. The van der Waals surface area contributed by atoms with Crippen molar-refractivity contribution in [2.75, 3.05) is 0 Å². The first-order valence-corrected chi connectivity index (χ1v) is 12.5. The van der Waals surface area contributed by atoms with E-state index >= 15 is 0 Å². The molecule has 5 heteroatoms. The summed E-state index contributed by atoms with van der Waals surface area (Å²) in [6.45, 7) is 6.26. The molecule has 0 fully saturated rings. The second-order valence-corrected chi connectivity index (χ2v) is 10.9. The Morgan fingerprint density at radius 1 is 0.917 bits per heavy atom. The third-order valence-electron chi connectivity index (χ3n) is 7.08. The van der Waals surface area contributed by atoms with Crippen molar-refractivity contribution in [3.63, 3.8) is 0 Å². The molecule has 178 valence electrons. The van der Waals surface area contributed by atoms with Gasteiger partial charge in [0.05, 0.1) is 5.52 Å². The van der Waals surface area contributed by atoms with Crippen LogP contribution in [-0.2, 0) is 6.42 Å². The molecule has 2 heterocycles. The van der Waals surface area contributed by atoms with Gasteiger partial charge in [-0.15, -0.1) is 0 Å². The summed E-state index contributed by atoms with van der Waals surface area (Å²) in [7, 11) is 0. The van der Waals surface area contributed by atoms with E-state index in [1.54, 1.807) is 24.3 Å². The van der Waals surface area contributed by atoms with Crippen LogP contribution in [0, 0.1) is 12.3 Å². The molecule has 1 aliphatic carbocycles.